The van der Waals surface area contributed by atoms with Gasteiger partial charge in [-0.3, -0.25) is 0 Å². The standard InChI is InChI=1S/C11H17N3/c1-14(10-5-4-7-12-9-10)11-6-2-3-8-13-11/h2-3,6,8,10,12H,4-5,7,9H2,1H3/t10-/m0/s1. The van der Waals surface area contributed by atoms with E-state index in [1.165, 1.54) is 12.8 Å². The fraction of sp³-hybridized carbons (Fsp3) is 0.545. The molecule has 0 spiro atoms. The van der Waals surface area contributed by atoms with E-state index in [4.69, 9.17) is 0 Å². The predicted molar refractivity (Wildman–Crippen MR) is 58.5 cm³/mol. The van der Waals surface area contributed by atoms with Gasteiger partial charge in [-0.2, -0.15) is 0 Å². The molecule has 1 fully saturated rings. The molecule has 1 aliphatic heterocycles. The van der Waals surface area contributed by atoms with Crippen molar-refractivity contribution < 1.29 is 0 Å². The van der Waals surface area contributed by atoms with Crippen LogP contribution in [0.4, 0.5) is 5.82 Å². The van der Waals surface area contributed by atoms with Crippen molar-refractivity contribution in [1.82, 2.24) is 10.3 Å². The topological polar surface area (TPSA) is 28.2 Å². The van der Waals surface area contributed by atoms with E-state index in [0.29, 0.717) is 6.04 Å². The lowest BCUT2D eigenvalue weighted by molar-refractivity contribution is 0.443. The maximum atomic E-state index is 4.35. The molecule has 0 radical (unpaired) electrons. The third-order valence-electron chi connectivity index (χ3n) is 2.83. The largest absolute Gasteiger partial charge is 0.355 e. The van der Waals surface area contributed by atoms with E-state index in [1.807, 2.05) is 18.3 Å². The van der Waals surface area contributed by atoms with Gasteiger partial charge in [0.2, 0.25) is 0 Å². The summed E-state index contributed by atoms with van der Waals surface area (Å²) in [7, 11) is 2.12. The first-order chi connectivity index (χ1) is 6.88. The van der Waals surface area contributed by atoms with Crippen LogP contribution in [0.25, 0.3) is 0 Å². The molecule has 3 heteroatoms. The average molecular weight is 191 g/mol. The summed E-state index contributed by atoms with van der Waals surface area (Å²) in [6, 6.07) is 6.65. The first-order valence-corrected chi connectivity index (χ1v) is 5.22. The molecule has 0 saturated carbocycles. The number of hydrogen-bond donors (Lipinski definition) is 1. The fourth-order valence-corrected chi connectivity index (χ4v) is 1.91. The number of nitrogens with zero attached hydrogens (tertiary/aromatic N) is 2. The van der Waals surface area contributed by atoms with Gasteiger partial charge in [0.05, 0.1) is 0 Å². The summed E-state index contributed by atoms with van der Waals surface area (Å²) in [6.45, 7) is 2.24. The molecule has 1 atom stereocenters. The smallest absolute Gasteiger partial charge is 0.128 e. The first-order valence-electron chi connectivity index (χ1n) is 5.22. The Hall–Kier alpha value is -1.09. The van der Waals surface area contributed by atoms with Crippen LogP contribution in [0.1, 0.15) is 12.8 Å². The van der Waals surface area contributed by atoms with Gasteiger partial charge in [-0.1, -0.05) is 6.07 Å². The van der Waals surface area contributed by atoms with Gasteiger partial charge >= 0.3 is 0 Å². The maximum absolute atomic E-state index is 4.35. The second kappa shape index (κ2) is 4.42. The Morgan fingerprint density at radius 1 is 1.50 bits per heavy atom. The summed E-state index contributed by atoms with van der Waals surface area (Å²) in [5, 5.41) is 3.42. The van der Waals surface area contributed by atoms with Crippen molar-refractivity contribution in [3.8, 4) is 0 Å². The molecule has 2 rings (SSSR count). The monoisotopic (exact) mass is 191 g/mol. The number of likely N-dealkylation sites (N-methyl/N-ethyl adjacent to an activating group) is 1. The Kier molecular flexibility index (Phi) is 2.99. The minimum atomic E-state index is 0.596. The van der Waals surface area contributed by atoms with E-state index in [0.717, 1.165) is 18.9 Å². The molecule has 1 aliphatic rings. The number of pyridine rings is 1. The van der Waals surface area contributed by atoms with E-state index in [9.17, 15) is 0 Å². The predicted octanol–water partition coefficient (Wildman–Crippen LogP) is 1.27. The van der Waals surface area contributed by atoms with Crippen molar-refractivity contribution in [3.63, 3.8) is 0 Å². The van der Waals surface area contributed by atoms with Gasteiger partial charge in [-0.25, -0.2) is 4.98 Å². The highest BCUT2D eigenvalue weighted by Crippen LogP contribution is 2.15. The molecular formula is C11H17N3. The van der Waals surface area contributed by atoms with Crippen LogP contribution in [0.15, 0.2) is 24.4 Å². The number of anilines is 1. The highest BCUT2D eigenvalue weighted by Gasteiger charge is 2.18. The molecule has 76 valence electrons. The van der Waals surface area contributed by atoms with Crippen molar-refractivity contribution in [2.45, 2.75) is 18.9 Å². The summed E-state index contributed by atoms with van der Waals surface area (Å²) < 4.78 is 0. The Labute approximate surface area is 85.1 Å². The molecule has 1 saturated heterocycles. The molecule has 3 nitrogen and oxygen atoms in total. The van der Waals surface area contributed by atoms with Gasteiger partial charge < -0.3 is 10.2 Å². The Morgan fingerprint density at radius 2 is 2.43 bits per heavy atom. The zero-order chi connectivity index (χ0) is 9.80. The van der Waals surface area contributed by atoms with E-state index in [1.54, 1.807) is 0 Å². The number of nitrogens with one attached hydrogen (secondary N) is 1. The first kappa shape index (κ1) is 9.46. The molecule has 0 aliphatic carbocycles. The van der Waals surface area contributed by atoms with Gasteiger partial charge in [0.15, 0.2) is 0 Å². The van der Waals surface area contributed by atoms with Crippen molar-refractivity contribution in [1.29, 1.82) is 0 Å². The minimum absolute atomic E-state index is 0.596. The van der Waals surface area contributed by atoms with Crippen LogP contribution in [0.5, 0.6) is 0 Å². The van der Waals surface area contributed by atoms with Gasteiger partial charge in [-0.15, -0.1) is 0 Å². The molecule has 1 N–H and O–H groups in total. The molecule has 2 heterocycles. The second-order valence-electron chi connectivity index (χ2n) is 3.80. The highest BCUT2D eigenvalue weighted by atomic mass is 15.2. The van der Waals surface area contributed by atoms with E-state index in [-0.39, 0.29) is 0 Å². The van der Waals surface area contributed by atoms with Crippen LogP contribution in [-0.4, -0.2) is 31.2 Å². The van der Waals surface area contributed by atoms with Crippen molar-refractivity contribution in [3.05, 3.63) is 24.4 Å². The van der Waals surface area contributed by atoms with E-state index in [2.05, 4.69) is 28.3 Å². The highest BCUT2D eigenvalue weighted by molar-refractivity contribution is 5.38. The van der Waals surface area contributed by atoms with Gasteiger partial charge in [0, 0.05) is 25.8 Å². The Morgan fingerprint density at radius 3 is 3.07 bits per heavy atom. The SMILES string of the molecule is CN(c1ccccn1)[C@H]1CCCNC1. The fourth-order valence-electron chi connectivity index (χ4n) is 1.91. The van der Waals surface area contributed by atoms with Gasteiger partial charge in [0.25, 0.3) is 0 Å². The molecule has 1 aromatic heterocycles. The van der Waals surface area contributed by atoms with Crippen molar-refractivity contribution in [2.75, 3.05) is 25.0 Å². The summed E-state index contributed by atoms with van der Waals surface area (Å²) >= 11 is 0. The zero-order valence-electron chi connectivity index (χ0n) is 8.61. The third kappa shape index (κ3) is 2.04. The molecule has 1 aromatic rings. The van der Waals surface area contributed by atoms with Crippen LogP contribution >= 0.6 is 0 Å². The summed E-state index contributed by atoms with van der Waals surface area (Å²) in [4.78, 5) is 6.62. The summed E-state index contributed by atoms with van der Waals surface area (Å²) in [5.41, 5.74) is 0. The molecule has 0 amide bonds. The summed E-state index contributed by atoms with van der Waals surface area (Å²) in [5.74, 6) is 1.07. The minimum Gasteiger partial charge on any atom is -0.355 e. The van der Waals surface area contributed by atoms with Crippen LogP contribution in [-0.2, 0) is 0 Å². The van der Waals surface area contributed by atoms with Crippen molar-refractivity contribution >= 4 is 5.82 Å². The van der Waals surface area contributed by atoms with Gasteiger partial charge in [-0.05, 0) is 31.5 Å². The van der Waals surface area contributed by atoms with Crippen LogP contribution in [0, 0.1) is 0 Å². The lowest BCUT2D eigenvalue weighted by Crippen LogP contribution is -2.44. The number of piperidine rings is 1. The lowest BCUT2D eigenvalue weighted by atomic mass is 10.1. The molecular weight excluding hydrogens is 174 g/mol. The van der Waals surface area contributed by atoms with E-state index >= 15 is 0 Å². The van der Waals surface area contributed by atoms with Crippen molar-refractivity contribution in [2.24, 2.45) is 0 Å². The molecule has 14 heavy (non-hydrogen) atoms. The molecule has 0 aromatic carbocycles. The van der Waals surface area contributed by atoms with Crippen LogP contribution in [0.3, 0.4) is 0 Å². The van der Waals surface area contributed by atoms with E-state index < -0.39 is 0 Å². The number of hydrogen-bond acceptors (Lipinski definition) is 3. The number of rotatable bonds is 2. The Bertz CT molecular complexity index is 267. The third-order valence-corrected chi connectivity index (χ3v) is 2.83. The second-order valence-corrected chi connectivity index (χ2v) is 3.80. The maximum Gasteiger partial charge on any atom is 0.128 e. The quantitative estimate of drug-likeness (QED) is 0.763. The van der Waals surface area contributed by atoms with Gasteiger partial charge in [0.1, 0.15) is 5.82 Å². The molecule has 0 unspecified atom stereocenters. The molecule has 0 bridgehead atoms. The lowest BCUT2D eigenvalue weighted by Gasteiger charge is -2.32. The normalized spacial score (nSPS) is 21.9. The van der Waals surface area contributed by atoms with Crippen LogP contribution in [0.2, 0.25) is 0 Å². The van der Waals surface area contributed by atoms with Crippen LogP contribution < -0.4 is 10.2 Å². The average Bonchev–Trinajstić information content (AvgIpc) is 2.30. The Balaban J connectivity index is 2.03. The zero-order valence-corrected chi connectivity index (χ0v) is 8.61. The number of aromatic nitrogens is 1. The summed E-state index contributed by atoms with van der Waals surface area (Å²) in [6.07, 6.45) is 4.38.